The van der Waals surface area contributed by atoms with Crippen LogP contribution in [0.2, 0.25) is 0 Å². The van der Waals surface area contributed by atoms with Crippen molar-refractivity contribution in [3.05, 3.63) is 46.0 Å². The fraction of sp³-hybridized carbons (Fsp3) is 0.273. The number of hydrogen-bond donors (Lipinski definition) is 1. The first kappa shape index (κ1) is 11.9. The topological polar surface area (TPSA) is 33.6 Å². The Bertz CT molecular complexity index is 568. The highest BCUT2D eigenvalue weighted by molar-refractivity contribution is 7.71. The van der Waals surface area contributed by atoms with E-state index in [-0.39, 0.29) is 12.0 Å². The van der Waals surface area contributed by atoms with E-state index in [1.54, 1.807) is 4.57 Å². The van der Waals surface area contributed by atoms with Crippen LogP contribution in [-0.4, -0.2) is 14.8 Å². The number of nitrogens with zero attached hydrogens (tertiary/aromatic N) is 2. The summed E-state index contributed by atoms with van der Waals surface area (Å²) < 4.78 is 29.1. The number of nitrogens with one attached hydrogen (secondary N) is 1. The summed E-state index contributed by atoms with van der Waals surface area (Å²) in [7, 11) is 0. The van der Waals surface area contributed by atoms with Gasteiger partial charge in [-0.05, 0) is 31.3 Å². The SMILES string of the molecule is CCn1c(Cc2c(F)cccc2F)n[nH]c1=S. The number of aromatic amines is 1. The van der Waals surface area contributed by atoms with Crippen LogP contribution in [0.15, 0.2) is 18.2 Å². The molecule has 0 saturated heterocycles. The first-order valence-corrected chi connectivity index (χ1v) is 5.61. The highest BCUT2D eigenvalue weighted by Crippen LogP contribution is 2.16. The molecular formula is C11H11F2N3S. The number of aromatic nitrogens is 3. The number of halogens is 2. The fourth-order valence-electron chi connectivity index (χ4n) is 1.67. The van der Waals surface area contributed by atoms with Crippen molar-refractivity contribution in [2.24, 2.45) is 0 Å². The monoisotopic (exact) mass is 255 g/mol. The van der Waals surface area contributed by atoms with Gasteiger partial charge in [-0.15, -0.1) is 0 Å². The van der Waals surface area contributed by atoms with Crippen molar-refractivity contribution < 1.29 is 8.78 Å². The quantitative estimate of drug-likeness (QED) is 0.856. The van der Waals surface area contributed by atoms with Crippen LogP contribution in [-0.2, 0) is 13.0 Å². The van der Waals surface area contributed by atoms with Crippen molar-refractivity contribution in [1.29, 1.82) is 0 Å². The molecular weight excluding hydrogens is 244 g/mol. The summed E-state index contributed by atoms with van der Waals surface area (Å²) in [5.41, 5.74) is 0.0104. The molecule has 3 nitrogen and oxygen atoms in total. The zero-order valence-corrected chi connectivity index (χ0v) is 10.0. The molecule has 0 bridgehead atoms. The van der Waals surface area contributed by atoms with Crippen LogP contribution < -0.4 is 0 Å². The highest BCUT2D eigenvalue weighted by Gasteiger charge is 2.13. The van der Waals surface area contributed by atoms with Crippen LogP contribution in [0.3, 0.4) is 0 Å². The van der Waals surface area contributed by atoms with E-state index in [1.165, 1.54) is 18.2 Å². The largest absolute Gasteiger partial charge is 0.304 e. The predicted octanol–water partition coefficient (Wildman–Crippen LogP) is 2.83. The lowest BCUT2D eigenvalue weighted by Crippen LogP contribution is -2.05. The molecule has 1 heterocycles. The van der Waals surface area contributed by atoms with Crippen molar-refractivity contribution in [3.63, 3.8) is 0 Å². The Morgan fingerprint density at radius 2 is 2.00 bits per heavy atom. The molecule has 0 fully saturated rings. The van der Waals surface area contributed by atoms with Gasteiger partial charge in [0.15, 0.2) is 4.77 Å². The van der Waals surface area contributed by atoms with Crippen LogP contribution in [0, 0.1) is 16.4 Å². The molecule has 0 spiro atoms. The van der Waals surface area contributed by atoms with Crippen molar-refractivity contribution in [1.82, 2.24) is 14.8 Å². The van der Waals surface area contributed by atoms with E-state index in [0.717, 1.165) is 0 Å². The second-order valence-electron chi connectivity index (χ2n) is 3.57. The molecule has 0 atom stereocenters. The van der Waals surface area contributed by atoms with Gasteiger partial charge in [-0.2, -0.15) is 5.10 Å². The maximum absolute atomic E-state index is 13.5. The van der Waals surface area contributed by atoms with Crippen molar-refractivity contribution in [2.75, 3.05) is 0 Å². The molecule has 1 aromatic heterocycles. The Morgan fingerprint density at radius 1 is 1.35 bits per heavy atom. The third-order valence-electron chi connectivity index (χ3n) is 2.55. The van der Waals surface area contributed by atoms with E-state index in [0.29, 0.717) is 17.1 Å². The highest BCUT2D eigenvalue weighted by atomic mass is 32.1. The van der Waals surface area contributed by atoms with Gasteiger partial charge in [-0.1, -0.05) is 6.07 Å². The summed E-state index contributed by atoms with van der Waals surface area (Å²) in [5, 5.41) is 6.59. The molecule has 1 N–H and O–H groups in total. The minimum Gasteiger partial charge on any atom is -0.304 e. The van der Waals surface area contributed by atoms with Gasteiger partial charge in [-0.25, -0.2) is 8.78 Å². The van der Waals surface area contributed by atoms with Gasteiger partial charge in [0.1, 0.15) is 17.5 Å². The van der Waals surface area contributed by atoms with Crippen LogP contribution in [0.4, 0.5) is 8.78 Å². The lowest BCUT2D eigenvalue weighted by molar-refractivity contribution is 0.555. The van der Waals surface area contributed by atoms with Gasteiger partial charge < -0.3 is 4.57 Å². The normalized spacial score (nSPS) is 10.8. The van der Waals surface area contributed by atoms with E-state index < -0.39 is 11.6 Å². The smallest absolute Gasteiger partial charge is 0.195 e. The maximum Gasteiger partial charge on any atom is 0.195 e. The zero-order valence-electron chi connectivity index (χ0n) is 9.20. The van der Waals surface area contributed by atoms with Crippen molar-refractivity contribution >= 4 is 12.2 Å². The molecule has 2 rings (SSSR count). The number of hydrogen-bond acceptors (Lipinski definition) is 2. The Hall–Kier alpha value is -1.56. The Kier molecular flexibility index (Phi) is 3.33. The molecule has 0 saturated carbocycles. The molecule has 0 radical (unpaired) electrons. The summed E-state index contributed by atoms with van der Waals surface area (Å²) in [6, 6.07) is 3.80. The first-order chi connectivity index (χ1) is 8.13. The average Bonchev–Trinajstić information content (AvgIpc) is 2.64. The summed E-state index contributed by atoms with van der Waals surface area (Å²) in [6.45, 7) is 2.51. The molecule has 0 aliphatic rings. The lowest BCUT2D eigenvalue weighted by Gasteiger charge is -2.05. The van der Waals surface area contributed by atoms with Gasteiger partial charge in [0.25, 0.3) is 0 Å². The summed E-state index contributed by atoms with van der Waals surface area (Å²) in [5.74, 6) is -0.607. The fourth-order valence-corrected chi connectivity index (χ4v) is 1.95. The van der Waals surface area contributed by atoms with E-state index in [9.17, 15) is 8.78 Å². The average molecular weight is 255 g/mol. The summed E-state index contributed by atoms with van der Waals surface area (Å²) in [4.78, 5) is 0. The minimum absolute atomic E-state index is 0.0104. The number of rotatable bonds is 3. The molecule has 1 aromatic carbocycles. The van der Waals surface area contributed by atoms with Crippen molar-refractivity contribution in [2.45, 2.75) is 19.9 Å². The third kappa shape index (κ3) is 2.26. The third-order valence-corrected chi connectivity index (χ3v) is 2.86. The molecule has 0 unspecified atom stereocenters. The van der Waals surface area contributed by atoms with Gasteiger partial charge in [0, 0.05) is 18.5 Å². The van der Waals surface area contributed by atoms with E-state index >= 15 is 0 Å². The first-order valence-electron chi connectivity index (χ1n) is 5.20. The van der Waals surface area contributed by atoms with Gasteiger partial charge in [0.05, 0.1) is 0 Å². The van der Waals surface area contributed by atoms with Crippen molar-refractivity contribution in [3.8, 4) is 0 Å². The molecule has 0 amide bonds. The van der Waals surface area contributed by atoms with Gasteiger partial charge in [0.2, 0.25) is 0 Å². The second-order valence-corrected chi connectivity index (χ2v) is 3.95. The van der Waals surface area contributed by atoms with Crippen LogP contribution >= 0.6 is 12.2 Å². The predicted molar refractivity (Wildman–Crippen MR) is 62.2 cm³/mol. The molecule has 0 aliphatic heterocycles. The van der Waals surface area contributed by atoms with E-state index in [2.05, 4.69) is 10.2 Å². The number of benzene rings is 1. The van der Waals surface area contributed by atoms with Gasteiger partial charge in [-0.3, -0.25) is 5.10 Å². The van der Waals surface area contributed by atoms with E-state index in [1.807, 2.05) is 6.92 Å². The van der Waals surface area contributed by atoms with E-state index in [4.69, 9.17) is 12.2 Å². The molecule has 6 heteroatoms. The molecule has 2 aromatic rings. The Morgan fingerprint density at radius 3 is 2.59 bits per heavy atom. The second kappa shape index (κ2) is 4.75. The van der Waals surface area contributed by atoms with Crippen LogP contribution in [0.5, 0.6) is 0 Å². The van der Waals surface area contributed by atoms with Gasteiger partial charge >= 0.3 is 0 Å². The molecule has 0 aliphatic carbocycles. The molecule has 90 valence electrons. The Balaban J connectivity index is 2.41. The lowest BCUT2D eigenvalue weighted by atomic mass is 10.1. The number of H-pyrrole nitrogens is 1. The molecule has 17 heavy (non-hydrogen) atoms. The standard InChI is InChI=1S/C11H11F2N3S/c1-2-16-10(14-15-11(16)17)6-7-8(12)4-3-5-9(7)13/h3-5H,2,6H2,1H3,(H,15,17). The summed E-state index contributed by atoms with van der Waals surface area (Å²) in [6.07, 6.45) is 0.0828. The zero-order chi connectivity index (χ0) is 12.4. The van der Waals surface area contributed by atoms with Crippen LogP contribution in [0.1, 0.15) is 18.3 Å². The van der Waals surface area contributed by atoms with Crippen LogP contribution in [0.25, 0.3) is 0 Å². The minimum atomic E-state index is -0.568. The summed E-state index contributed by atoms with van der Waals surface area (Å²) >= 11 is 5.01. The maximum atomic E-state index is 13.5. The Labute approximate surface area is 102 Å².